The summed E-state index contributed by atoms with van der Waals surface area (Å²) < 4.78 is 6.49. The maximum atomic E-state index is 5.42. The Morgan fingerprint density at radius 3 is 3.00 bits per heavy atom. The lowest BCUT2D eigenvalue weighted by Gasteiger charge is -2.21. The molecule has 0 atom stereocenters. The Morgan fingerprint density at radius 2 is 2.20 bits per heavy atom. The van der Waals surface area contributed by atoms with E-state index in [0.29, 0.717) is 0 Å². The third-order valence-corrected chi connectivity index (χ3v) is 3.39. The molecule has 1 saturated heterocycles. The summed E-state index contributed by atoms with van der Waals surface area (Å²) in [5.41, 5.74) is 1.04. The Balaban J connectivity index is 2.16. The highest BCUT2D eigenvalue weighted by molar-refractivity contribution is 9.10. The van der Waals surface area contributed by atoms with Crippen LogP contribution in [0.15, 0.2) is 16.6 Å². The van der Waals surface area contributed by atoms with Crippen molar-refractivity contribution in [2.45, 2.75) is 13.3 Å². The van der Waals surface area contributed by atoms with Gasteiger partial charge >= 0.3 is 0 Å². The average Bonchev–Trinajstić information content (AvgIpc) is 2.50. The van der Waals surface area contributed by atoms with Crippen LogP contribution in [0.5, 0.6) is 0 Å². The van der Waals surface area contributed by atoms with Crippen molar-refractivity contribution in [1.29, 1.82) is 0 Å². The second-order valence-electron chi connectivity index (χ2n) is 3.69. The van der Waals surface area contributed by atoms with Crippen molar-refractivity contribution >= 4 is 21.7 Å². The van der Waals surface area contributed by atoms with Gasteiger partial charge in [0.15, 0.2) is 0 Å². The first-order valence-electron chi connectivity index (χ1n) is 5.23. The smallest absolute Gasteiger partial charge is 0.128 e. The summed E-state index contributed by atoms with van der Waals surface area (Å²) in [5, 5.41) is 0. The molecule has 0 amide bonds. The fourth-order valence-corrected chi connectivity index (χ4v) is 1.90. The third kappa shape index (κ3) is 2.69. The molecular formula is C11H15BrN2O. The van der Waals surface area contributed by atoms with Crippen LogP contribution in [0.25, 0.3) is 0 Å². The van der Waals surface area contributed by atoms with E-state index in [-0.39, 0.29) is 0 Å². The predicted molar refractivity (Wildman–Crippen MR) is 64.3 cm³/mol. The van der Waals surface area contributed by atoms with E-state index in [2.05, 4.69) is 37.9 Å². The molecule has 0 aromatic carbocycles. The van der Waals surface area contributed by atoms with Gasteiger partial charge in [0.05, 0.1) is 12.3 Å². The Kier molecular flexibility index (Phi) is 3.59. The molecule has 0 radical (unpaired) electrons. The van der Waals surface area contributed by atoms with Crippen LogP contribution in [0.3, 0.4) is 0 Å². The number of halogens is 1. The van der Waals surface area contributed by atoms with Crippen molar-refractivity contribution < 1.29 is 4.74 Å². The molecule has 0 N–H and O–H groups in total. The molecule has 2 heterocycles. The van der Waals surface area contributed by atoms with E-state index in [0.717, 1.165) is 48.7 Å². The number of aromatic nitrogens is 1. The van der Waals surface area contributed by atoms with Crippen LogP contribution in [0.4, 0.5) is 5.82 Å². The minimum Gasteiger partial charge on any atom is -0.380 e. The maximum Gasteiger partial charge on any atom is 0.128 e. The number of pyridine rings is 1. The first-order valence-corrected chi connectivity index (χ1v) is 6.02. The highest BCUT2D eigenvalue weighted by Gasteiger charge is 2.11. The number of nitrogens with zero attached hydrogens (tertiary/aromatic N) is 2. The lowest BCUT2D eigenvalue weighted by molar-refractivity contribution is 0.152. The van der Waals surface area contributed by atoms with Crippen molar-refractivity contribution in [1.82, 2.24) is 4.98 Å². The van der Waals surface area contributed by atoms with Gasteiger partial charge < -0.3 is 9.64 Å². The van der Waals surface area contributed by atoms with Gasteiger partial charge in [-0.25, -0.2) is 4.98 Å². The molecule has 2 rings (SSSR count). The highest BCUT2D eigenvalue weighted by Crippen LogP contribution is 2.19. The molecule has 0 unspecified atom stereocenters. The Morgan fingerprint density at radius 1 is 1.33 bits per heavy atom. The molecule has 1 aliphatic heterocycles. The highest BCUT2D eigenvalue weighted by atomic mass is 79.9. The van der Waals surface area contributed by atoms with E-state index >= 15 is 0 Å². The largest absolute Gasteiger partial charge is 0.380 e. The Bertz CT molecular complexity index is 335. The summed E-state index contributed by atoms with van der Waals surface area (Å²) in [6, 6.07) is 4.12. The lowest BCUT2D eigenvalue weighted by atomic mass is 10.3. The minimum atomic E-state index is 0.802. The van der Waals surface area contributed by atoms with Gasteiger partial charge in [0.1, 0.15) is 5.82 Å². The molecule has 1 aliphatic rings. The quantitative estimate of drug-likeness (QED) is 0.784. The molecule has 1 aromatic heterocycles. The van der Waals surface area contributed by atoms with Crippen LogP contribution in [0, 0.1) is 6.92 Å². The number of hydrogen-bond donors (Lipinski definition) is 0. The monoisotopic (exact) mass is 270 g/mol. The molecular weight excluding hydrogens is 256 g/mol. The van der Waals surface area contributed by atoms with Crippen molar-refractivity contribution in [2.24, 2.45) is 0 Å². The van der Waals surface area contributed by atoms with E-state index in [4.69, 9.17) is 4.74 Å². The number of hydrogen-bond acceptors (Lipinski definition) is 3. The van der Waals surface area contributed by atoms with Crippen LogP contribution < -0.4 is 4.90 Å². The van der Waals surface area contributed by atoms with Gasteiger partial charge in [-0.2, -0.15) is 0 Å². The standard InChI is InChI=1S/C11H15BrN2O/c1-9-10(12)3-4-11(13-9)14-5-2-7-15-8-6-14/h3-4H,2,5-8H2,1H3. The summed E-state index contributed by atoms with van der Waals surface area (Å²) in [5.74, 6) is 1.06. The molecule has 15 heavy (non-hydrogen) atoms. The lowest BCUT2D eigenvalue weighted by Crippen LogP contribution is -2.26. The fraction of sp³-hybridized carbons (Fsp3) is 0.545. The molecule has 1 aromatic rings. The van der Waals surface area contributed by atoms with Gasteiger partial charge in [-0.15, -0.1) is 0 Å². The SMILES string of the molecule is Cc1nc(N2CCCOCC2)ccc1Br. The zero-order valence-electron chi connectivity index (χ0n) is 8.87. The van der Waals surface area contributed by atoms with Gasteiger partial charge in [0.25, 0.3) is 0 Å². The zero-order valence-corrected chi connectivity index (χ0v) is 10.5. The summed E-state index contributed by atoms with van der Waals surface area (Å²) in [7, 11) is 0. The van der Waals surface area contributed by atoms with E-state index in [1.807, 2.05) is 6.92 Å². The molecule has 0 bridgehead atoms. The first-order chi connectivity index (χ1) is 7.27. The third-order valence-electron chi connectivity index (χ3n) is 2.55. The normalized spacial score (nSPS) is 17.6. The van der Waals surface area contributed by atoms with Crippen LogP contribution >= 0.6 is 15.9 Å². The minimum absolute atomic E-state index is 0.802. The topological polar surface area (TPSA) is 25.4 Å². The van der Waals surface area contributed by atoms with Crippen LogP contribution in [-0.4, -0.2) is 31.3 Å². The molecule has 0 aliphatic carbocycles. The van der Waals surface area contributed by atoms with Gasteiger partial charge in [-0.3, -0.25) is 0 Å². The maximum absolute atomic E-state index is 5.42. The molecule has 1 fully saturated rings. The Labute approximate surface area is 98.6 Å². The van der Waals surface area contributed by atoms with Gasteiger partial charge in [-0.05, 0) is 41.4 Å². The fourth-order valence-electron chi connectivity index (χ4n) is 1.68. The molecule has 0 spiro atoms. The number of ether oxygens (including phenoxy) is 1. The van der Waals surface area contributed by atoms with Crippen molar-refractivity contribution in [3.8, 4) is 0 Å². The summed E-state index contributed by atoms with van der Waals surface area (Å²) >= 11 is 3.46. The van der Waals surface area contributed by atoms with Gasteiger partial charge in [0.2, 0.25) is 0 Å². The summed E-state index contributed by atoms with van der Waals surface area (Å²) in [6.45, 7) is 5.66. The van der Waals surface area contributed by atoms with Crippen molar-refractivity contribution in [2.75, 3.05) is 31.2 Å². The zero-order chi connectivity index (χ0) is 10.7. The predicted octanol–water partition coefficient (Wildman–Crippen LogP) is 2.38. The van der Waals surface area contributed by atoms with E-state index in [1.165, 1.54) is 0 Å². The number of anilines is 1. The van der Waals surface area contributed by atoms with Gasteiger partial charge in [0, 0.05) is 24.2 Å². The number of aryl methyl sites for hydroxylation is 1. The second-order valence-corrected chi connectivity index (χ2v) is 4.54. The molecule has 4 heteroatoms. The molecule has 3 nitrogen and oxygen atoms in total. The van der Waals surface area contributed by atoms with E-state index in [1.54, 1.807) is 0 Å². The first kappa shape index (κ1) is 10.9. The molecule has 82 valence electrons. The van der Waals surface area contributed by atoms with Crippen LogP contribution in [-0.2, 0) is 4.74 Å². The molecule has 0 saturated carbocycles. The average molecular weight is 271 g/mol. The van der Waals surface area contributed by atoms with Crippen LogP contribution in [0.2, 0.25) is 0 Å². The van der Waals surface area contributed by atoms with Gasteiger partial charge in [-0.1, -0.05) is 0 Å². The van der Waals surface area contributed by atoms with E-state index in [9.17, 15) is 0 Å². The van der Waals surface area contributed by atoms with Crippen LogP contribution in [0.1, 0.15) is 12.1 Å². The Hall–Kier alpha value is -0.610. The van der Waals surface area contributed by atoms with E-state index < -0.39 is 0 Å². The number of rotatable bonds is 1. The second kappa shape index (κ2) is 4.94. The van der Waals surface area contributed by atoms with Crippen molar-refractivity contribution in [3.05, 3.63) is 22.3 Å². The van der Waals surface area contributed by atoms with Crippen molar-refractivity contribution in [3.63, 3.8) is 0 Å². The summed E-state index contributed by atoms with van der Waals surface area (Å²) in [4.78, 5) is 6.85. The summed E-state index contributed by atoms with van der Waals surface area (Å²) in [6.07, 6.45) is 1.08.